The number of nitrogens with zero attached hydrogens (tertiary/aromatic N) is 1. The average Bonchev–Trinajstić information content (AvgIpc) is 2.62. The summed E-state index contributed by atoms with van der Waals surface area (Å²) in [5, 5.41) is 10.5. The van der Waals surface area contributed by atoms with E-state index in [9.17, 15) is 9.59 Å². The number of carboxylic acid groups (broad SMARTS) is 1. The van der Waals surface area contributed by atoms with Crippen molar-refractivity contribution in [2.45, 2.75) is 13.3 Å². The van der Waals surface area contributed by atoms with E-state index in [0.29, 0.717) is 15.9 Å². The second-order valence-electron chi connectivity index (χ2n) is 3.22. The zero-order valence-corrected chi connectivity index (χ0v) is 11.2. The van der Waals surface area contributed by atoms with Crippen molar-refractivity contribution in [1.82, 2.24) is 4.90 Å². The number of hydrogen-bond acceptors (Lipinski definition) is 3. The van der Waals surface area contributed by atoms with Gasteiger partial charge in [0.05, 0.1) is 0 Å². The molecular formula is C10H12BrNO3S. The number of hydrogen-bond donors (Lipinski definition) is 1. The van der Waals surface area contributed by atoms with Gasteiger partial charge in [-0.3, -0.25) is 9.59 Å². The molecule has 88 valence electrons. The molecule has 0 fully saturated rings. The summed E-state index contributed by atoms with van der Waals surface area (Å²) in [6.07, 6.45) is 0.738. The summed E-state index contributed by atoms with van der Waals surface area (Å²) in [7, 11) is 0. The van der Waals surface area contributed by atoms with E-state index >= 15 is 0 Å². The van der Waals surface area contributed by atoms with Crippen molar-refractivity contribution in [3.05, 3.63) is 20.8 Å². The van der Waals surface area contributed by atoms with Crippen LogP contribution in [0.5, 0.6) is 0 Å². The van der Waals surface area contributed by atoms with Crippen LogP contribution in [-0.4, -0.2) is 35.0 Å². The Morgan fingerprint density at radius 2 is 2.25 bits per heavy atom. The van der Waals surface area contributed by atoms with Crippen LogP contribution >= 0.6 is 27.3 Å². The number of halogens is 1. The van der Waals surface area contributed by atoms with E-state index in [1.165, 1.54) is 16.2 Å². The molecule has 0 atom stereocenters. The standard InChI is InChI=1S/C10H12BrNO3S/c1-2-4-12(6-8(13)14)10(15)9-7(11)3-5-16-9/h3,5H,2,4,6H2,1H3,(H,13,14). The van der Waals surface area contributed by atoms with Crippen molar-refractivity contribution in [2.75, 3.05) is 13.1 Å². The number of aliphatic carboxylic acids is 1. The van der Waals surface area contributed by atoms with Crippen molar-refractivity contribution in [1.29, 1.82) is 0 Å². The molecule has 1 N–H and O–H groups in total. The Morgan fingerprint density at radius 1 is 1.56 bits per heavy atom. The van der Waals surface area contributed by atoms with Crippen LogP contribution in [-0.2, 0) is 4.79 Å². The van der Waals surface area contributed by atoms with Gasteiger partial charge in [0.1, 0.15) is 11.4 Å². The van der Waals surface area contributed by atoms with E-state index in [-0.39, 0.29) is 12.5 Å². The molecule has 1 aromatic rings. The van der Waals surface area contributed by atoms with Gasteiger partial charge in [0, 0.05) is 11.0 Å². The maximum Gasteiger partial charge on any atom is 0.323 e. The lowest BCUT2D eigenvalue weighted by molar-refractivity contribution is -0.137. The molecule has 6 heteroatoms. The minimum absolute atomic E-state index is 0.230. The van der Waals surface area contributed by atoms with E-state index in [4.69, 9.17) is 5.11 Å². The van der Waals surface area contributed by atoms with Crippen LogP contribution in [0.4, 0.5) is 0 Å². The lowest BCUT2D eigenvalue weighted by Gasteiger charge is -2.19. The zero-order chi connectivity index (χ0) is 12.1. The van der Waals surface area contributed by atoms with Gasteiger partial charge in [0.2, 0.25) is 0 Å². The quantitative estimate of drug-likeness (QED) is 0.909. The van der Waals surface area contributed by atoms with Crippen LogP contribution in [0, 0.1) is 0 Å². The Labute approximate surface area is 106 Å². The number of amides is 1. The minimum atomic E-state index is -0.991. The lowest BCUT2D eigenvalue weighted by atomic mass is 10.3. The van der Waals surface area contributed by atoms with Gasteiger partial charge in [-0.2, -0.15) is 0 Å². The normalized spacial score (nSPS) is 10.1. The summed E-state index contributed by atoms with van der Waals surface area (Å²) >= 11 is 4.58. The molecule has 0 aliphatic rings. The number of thiophene rings is 1. The average molecular weight is 306 g/mol. The molecule has 0 spiro atoms. The highest BCUT2D eigenvalue weighted by molar-refractivity contribution is 9.10. The first-order valence-corrected chi connectivity index (χ1v) is 6.47. The molecule has 1 amide bonds. The fourth-order valence-corrected chi connectivity index (χ4v) is 2.78. The highest BCUT2D eigenvalue weighted by Gasteiger charge is 2.20. The summed E-state index contributed by atoms with van der Waals surface area (Å²) in [4.78, 5) is 24.5. The number of rotatable bonds is 5. The van der Waals surface area contributed by atoms with Crippen molar-refractivity contribution in [2.24, 2.45) is 0 Å². The monoisotopic (exact) mass is 305 g/mol. The van der Waals surface area contributed by atoms with Crippen LogP contribution in [0.2, 0.25) is 0 Å². The Balaban J connectivity index is 2.82. The Bertz CT molecular complexity index is 391. The molecule has 0 bridgehead atoms. The third-order valence-electron chi connectivity index (χ3n) is 1.92. The first kappa shape index (κ1) is 13.2. The Hall–Kier alpha value is -0.880. The first-order chi connectivity index (χ1) is 7.56. The van der Waals surface area contributed by atoms with Crippen LogP contribution in [0.3, 0.4) is 0 Å². The van der Waals surface area contributed by atoms with Crippen molar-refractivity contribution < 1.29 is 14.7 Å². The third kappa shape index (κ3) is 3.31. The van der Waals surface area contributed by atoms with Gasteiger partial charge in [-0.25, -0.2) is 0 Å². The van der Waals surface area contributed by atoms with E-state index in [2.05, 4.69) is 15.9 Å². The number of carbonyl (C=O) groups excluding carboxylic acids is 1. The van der Waals surface area contributed by atoms with Crippen LogP contribution < -0.4 is 0 Å². The third-order valence-corrected chi connectivity index (χ3v) is 3.74. The zero-order valence-electron chi connectivity index (χ0n) is 8.77. The molecule has 0 aromatic carbocycles. The number of carboxylic acids is 1. The molecule has 0 radical (unpaired) electrons. The van der Waals surface area contributed by atoms with Crippen LogP contribution in [0.15, 0.2) is 15.9 Å². The summed E-state index contributed by atoms with van der Waals surface area (Å²) in [5.41, 5.74) is 0. The predicted molar refractivity (Wildman–Crippen MR) is 65.8 cm³/mol. The smallest absolute Gasteiger partial charge is 0.323 e. The highest BCUT2D eigenvalue weighted by atomic mass is 79.9. The van der Waals surface area contributed by atoms with Gasteiger partial charge in [-0.1, -0.05) is 6.92 Å². The summed E-state index contributed by atoms with van der Waals surface area (Å²) in [6, 6.07) is 1.78. The predicted octanol–water partition coefficient (Wildman–Crippen LogP) is 2.45. The molecular weight excluding hydrogens is 294 g/mol. The molecule has 0 saturated heterocycles. The van der Waals surface area contributed by atoms with Gasteiger partial charge in [-0.05, 0) is 33.8 Å². The summed E-state index contributed by atoms with van der Waals surface area (Å²) < 4.78 is 0.717. The largest absolute Gasteiger partial charge is 0.480 e. The molecule has 0 unspecified atom stereocenters. The first-order valence-electron chi connectivity index (χ1n) is 4.80. The van der Waals surface area contributed by atoms with E-state index in [1.54, 1.807) is 11.4 Å². The topological polar surface area (TPSA) is 57.6 Å². The van der Waals surface area contributed by atoms with Gasteiger partial charge in [0.15, 0.2) is 0 Å². The molecule has 1 rings (SSSR count). The van der Waals surface area contributed by atoms with Gasteiger partial charge >= 0.3 is 5.97 Å². The maximum absolute atomic E-state index is 12.0. The molecule has 1 heterocycles. The van der Waals surface area contributed by atoms with Crippen molar-refractivity contribution >= 4 is 39.1 Å². The van der Waals surface area contributed by atoms with Gasteiger partial charge in [0.25, 0.3) is 5.91 Å². The lowest BCUT2D eigenvalue weighted by Crippen LogP contribution is -2.36. The van der Waals surface area contributed by atoms with Crippen LogP contribution in [0.25, 0.3) is 0 Å². The van der Waals surface area contributed by atoms with E-state index in [1.807, 2.05) is 6.92 Å². The second kappa shape index (κ2) is 6.00. The molecule has 0 aliphatic heterocycles. The fraction of sp³-hybridized carbons (Fsp3) is 0.400. The molecule has 0 aliphatic carbocycles. The van der Waals surface area contributed by atoms with Crippen molar-refractivity contribution in [3.63, 3.8) is 0 Å². The second-order valence-corrected chi connectivity index (χ2v) is 4.99. The molecule has 1 aromatic heterocycles. The van der Waals surface area contributed by atoms with E-state index in [0.717, 1.165) is 6.42 Å². The maximum atomic E-state index is 12.0. The van der Waals surface area contributed by atoms with E-state index < -0.39 is 5.97 Å². The summed E-state index contributed by atoms with van der Waals surface area (Å²) in [6.45, 7) is 2.11. The van der Waals surface area contributed by atoms with Gasteiger partial charge < -0.3 is 10.0 Å². The minimum Gasteiger partial charge on any atom is -0.480 e. The SMILES string of the molecule is CCCN(CC(=O)O)C(=O)c1sccc1Br. The van der Waals surface area contributed by atoms with Gasteiger partial charge in [-0.15, -0.1) is 11.3 Å². The Kier molecular flexibility index (Phi) is 4.95. The number of carbonyl (C=O) groups is 2. The molecule has 0 saturated carbocycles. The molecule has 4 nitrogen and oxygen atoms in total. The highest BCUT2D eigenvalue weighted by Crippen LogP contribution is 2.24. The Morgan fingerprint density at radius 3 is 2.69 bits per heavy atom. The van der Waals surface area contributed by atoms with Crippen LogP contribution in [0.1, 0.15) is 23.0 Å². The van der Waals surface area contributed by atoms with Crippen molar-refractivity contribution in [3.8, 4) is 0 Å². The fourth-order valence-electron chi connectivity index (χ4n) is 1.28. The summed E-state index contributed by atoms with van der Waals surface area (Å²) in [5.74, 6) is -1.22. The molecule has 16 heavy (non-hydrogen) atoms.